The van der Waals surface area contributed by atoms with Crippen molar-refractivity contribution in [2.45, 2.75) is 25.9 Å². The number of hydrogen-bond donors (Lipinski definition) is 2. The predicted octanol–water partition coefficient (Wildman–Crippen LogP) is 4.42. The maximum absolute atomic E-state index is 12.0. The van der Waals surface area contributed by atoms with E-state index in [1.165, 1.54) is 0 Å². The first-order valence-electron chi connectivity index (χ1n) is 8.42. The van der Waals surface area contributed by atoms with E-state index in [1.807, 2.05) is 55.5 Å². The topological polar surface area (TPSA) is 67.0 Å². The number of carbonyl (C=O) groups excluding carboxylic acids is 1. The average Bonchev–Trinajstić information content (AvgIpc) is 3.00. The molecule has 0 radical (unpaired) electrons. The fourth-order valence-corrected chi connectivity index (χ4v) is 3.52. The highest BCUT2D eigenvalue weighted by molar-refractivity contribution is 6.30. The van der Waals surface area contributed by atoms with Gasteiger partial charge in [0.2, 0.25) is 5.91 Å². The molecule has 132 valence electrons. The van der Waals surface area contributed by atoms with Crippen LogP contribution in [0.4, 0.5) is 5.82 Å². The van der Waals surface area contributed by atoms with E-state index in [-0.39, 0.29) is 11.8 Å². The van der Waals surface area contributed by atoms with Gasteiger partial charge in [-0.05, 0) is 42.3 Å². The van der Waals surface area contributed by atoms with Gasteiger partial charge < -0.3 is 10.1 Å². The molecule has 2 aromatic carbocycles. The highest BCUT2D eigenvalue weighted by atomic mass is 35.5. The van der Waals surface area contributed by atoms with Gasteiger partial charge in [-0.3, -0.25) is 9.89 Å². The number of rotatable bonds is 4. The Kier molecular flexibility index (Phi) is 4.39. The number of halogens is 1. The van der Waals surface area contributed by atoms with Gasteiger partial charge in [0.05, 0.1) is 0 Å². The number of aromatic nitrogens is 2. The van der Waals surface area contributed by atoms with Crippen LogP contribution in [0.25, 0.3) is 0 Å². The quantitative estimate of drug-likeness (QED) is 0.717. The minimum Gasteiger partial charge on any atom is -0.489 e. The number of anilines is 1. The third kappa shape index (κ3) is 3.30. The van der Waals surface area contributed by atoms with Crippen LogP contribution < -0.4 is 10.1 Å². The molecule has 0 saturated heterocycles. The van der Waals surface area contributed by atoms with Crippen molar-refractivity contribution >= 4 is 23.3 Å². The van der Waals surface area contributed by atoms with E-state index in [0.29, 0.717) is 23.9 Å². The van der Waals surface area contributed by atoms with E-state index in [4.69, 9.17) is 16.3 Å². The molecule has 0 bridgehead atoms. The number of carbonyl (C=O) groups is 1. The molecular formula is C20H18ClN3O2. The number of aryl methyl sites for hydroxylation is 1. The van der Waals surface area contributed by atoms with Crippen LogP contribution in [0.15, 0.2) is 48.5 Å². The Hall–Kier alpha value is -2.79. The number of ether oxygens (including phenoxy) is 1. The van der Waals surface area contributed by atoms with Crippen molar-refractivity contribution in [3.63, 3.8) is 0 Å². The summed E-state index contributed by atoms with van der Waals surface area (Å²) in [5, 5.41) is 10.6. The third-order valence-corrected chi connectivity index (χ3v) is 4.80. The van der Waals surface area contributed by atoms with Gasteiger partial charge >= 0.3 is 0 Å². The summed E-state index contributed by atoms with van der Waals surface area (Å²) in [5.41, 5.74) is 4.12. The Bertz CT molecular complexity index is 950. The van der Waals surface area contributed by atoms with Gasteiger partial charge in [-0.25, -0.2) is 0 Å². The first-order chi connectivity index (χ1) is 12.6. The molecule has 1 amide bonds. The minimum absolute atomic E-state index is 0.000482. The molecule has 0 fully saturated rings. The van der Waals surface area contributed by atoms with Gasteiger partial charge in [0.25, 0.3) is 0 Å². The third-order valence-electron chi connectivity index (χ3n) is 4.57. The fraction of sp³-hybridized carbons (Fsp3) is 0.200. The molecule has 0 spiro atoms. The number of amides is 1. The Morgan fingerprint density at radius 3 is 2.81 bits per heavy atom. The molecule has 1 aromatic heterocycles. The first kappa shape index (κ1) is 16.7. The smallest absolute Gasteiger partial charge is 0.226 e. The molecule has 0 saturated carbocycles. The SMILES string of the molecule is Cc1[nH]nc2c1[C@@H](c1ccc(OCc3cccc(Cl)c3)cc1)CC(=O)N2. The molecule has 1 atom stereocenters. The van der Waals surface area contributed by atoms with Crippen LogP contribution in [0.5, 0.6) is 5.75 Å². The van der Waals surface area contributed by atoms with Crippen molar-refractivity contribution in [1.82, 2.24) is 10.2 Å². The first-order valence-corrected chi connectivity index (χ1v) is 8.80. The lowest BCUT2D eigenvalue weighted by Gasteiger charge is -2.23. The Balaban J connectivity index is 1.51. The van der Waals surface area contributed by atoms with Gasteiger partial charge in [-0.15, -0.1) is 0 Å². The van der Waals surface area contributed by atoms with E-state index < -0.39 is 0 Å². The monoisotopic (exact) mass is 367 g/mol. The van der Waals surface area contributed by atoms with Crippen molar-refractivity contribution in [2.75, 3.05) is 5.32 Å². The van der Waals surface area contributed by atoms with Gasteiger partial charge in [0, 0.05) is 28.6 Å². The maximum Gasteiger partial charge on any atom is 0.226 e. The number of fused-ring (bicyclic) bond motifs is 1. The summed E-state index contributed by atoms with van der Waals surface area (Å²) in [6.07, 6.45) is 0.413. The van der Waals surface area contributed by atoms with E-state index in [0.717, 1.165) is 28.1 Å². The largest absolute Gasteiger partial charge is 0.489 e. The second kappa shape index (κ2) is 6.84. The van der Waals surface area contributed by atoms with Crippen LogP contribution >= 0.6 is 11.6 Å². The number of aromatic amines is 1. The summed E-state index contributed by atoms with van der Waals surface area (Å²) < 4.78 is 5.83. The Labute approximate surface area is 156 Å². The molecule has 1 aliphatic rings. The molecular weight excluding hydrogens is 350 g/mol. The second-order valence-corrected chi connectivity index (χ2v) is 6.84. The maximum atomic E-state index is 12.0. The van der Waals surface area contributed by atoms with E-state index in [2.05, 4.69) is 15.5 Å². The van der Waals surface area contributed by atoms with Crippen molar-refractivity contribution in [1.29, 1.82) is 0 Å². The van der Waals surface area contributed by atoms with Gasteiger partial charge in [-0.2, -0.15) is 5.10 Å². The summed E-state index contributed by atoms with van der Waals surface area (Å²) in [6.45, 7) is 2.43. The standard InChI is InChI=1S/C20H18ClN3O2/c1-12-19-17(10-18(25)22-20(19)24-23-12)14-5-7-16(8-6-14)26-11-13-3-2-4-15(21)9-13/h2-9,17H,10-11H2,1H3,(H2,22,23,24,25)/t17-/m1/s1. The molecule has 2 N–H and O–H groups in total. The molecule has 5 nitrogen and oxygen atoms in total. The highest BCUT2D eigenvalue weighted by Crippen LogP contribution is 2.38. The molecule has 2 heterocycles. The summed E-state index contributed by atoms with van der Waals surface area (Å²) in [7, 11) is 0. The lowest BCUT2D eigenvalue weighted by Crippen LogP contribution is -2.23. The zero-order valence-corrected chi connectivity index (χ0v) is 15.0. The Morgan fingerprint density at radius 1 is 1.23 bits per heavy atom. The molecule has 1 aliphatic heterocycles. The number of benzene rings is 2. The summed E-state index contributed by atoms with van der Waals surface area (Å²) >= 11 is 5.99. The molecule has 4 rings (SSSR count). The van der Waals surface area contributed by atoms with Crippen LogP contribution in [0.2, 0.25) is 5.02 Å². The van der Waals surface area contributed by atoms with Gasteiger partial charge in [0.1, 0.15) is 12.4 Å². The molecule has 0 unspecified atom stereocenters. The van der Waals surface area contributed by atoms with Crippen molar-refractivity contribution in [3.05, 3.63) is 75.9 Å². The molecule has 26 heavy (non-hydrogen) atoms. The molecule has 6 heteroatoms. The van der Waals surface area contributed by atoms with Gasteiger partial charge in [0.15, 0.2) is 5.82 Å². The van der Waals surface area contributed by atoms with Crippen LogP contribution in [0.3, 0.4) is 0 Å². The molecule has 0 aliphatic carbocycles. The van der Waals surface area contributed by atoms with Crippen LogP contribution in [0.1, 0.15) is 34.7 Å². The predicted molar refractivity (Wildman–Crippen MR) is 101 cm³/mol. The summed E-state index contributed by atoms with van der Waals surface area (Å²) in [4.78, 5) is 12.0. The van der Waals surface area contributed by atoms with E-state index in [9.17, 15) is 4.79 Å². The number of nitrogens with one attached hydrogen (secondary N) is 2. The van der Waals surface area contributed by atoms with Crippen molar-refractivity contribution in [3.8, 4) is 5.75 Å². The van der Waals surface area contributed by atoms with Crippen LogP contribution in [-0.2, 0) is 11.4 Å². The second-order valence-electron chi connectivity index (χ2n) is 6.40. The van der Waals surface area contributed by atoms with Crippen molar-refractivity contribution in [2.24, 2.45) is 0 Å². The number of nitrogens with zero attached hydrogens (tertiary/aromatic N) is 1. The normalized spacial score (nSPS) is 16.1. The fourth-order valence-electron chi connectivity index (χ4n) is 3.30. The lowest BCUT2D eigenvalue weighted by molar-refractivity contribution is -0.116. The van der Waals surface area contributed by atoms with Crippen LogP contribution in [-0.4, -0.2) is 16.1 Å². The summed E-state index contributed by atoms with van der Waals surface area (Å²) in [6, 6.07) is 15.5. The Morgan fingerprint density at radius 2 is 2.04 bits per heavy atom. The zero-order valence-electron chi connectivity index (χ0n) is 14.3. The lowest BCUT2D eigenvalue weighted by atomic mass is 9.86. The van der Waals surface area contributed by atoms with Crippen molar-refractivity contribution < 1.29 is 9.53 Å². The highest BCUT2D eigenvalue weighted by Gasteiger charge is 2.30. The molecule has 3 aromatic rings. The van der Waals surface area contributed by atoms with E-state index >= 15 is 0 Å². The summed E-state index contributed by atoms with van der Waals surface area (Å²) in [5.74, 6) is 1.39. The number of hydrogen-bond acceptors (Lipinski definition) is 3. The average molecular weight is 368 g/mol. The zero-order chi connectivity index (χ0) is 18.1. The van der Waals surface area contributed by atoms with E-state index in [1.54, 1.807) is 0 Å². The van der Waals surface area contributed by atoms with Crippen LogP contribution in [0, 0.1) is 6.92 Å². The number of H-pyrrole nitrogens is 1. The minimum atomic E-state index is -0.0183. The van der Waals surface area contributed by atoms with Gasteiger partial charge in [-0.1, -0.05) is 35.9 Å².